The topological polar surface area (TPSA) is 71.5 Å². The third-order valence-electron chi connectivity index (χ3n) is 5.02. The average molecular weight is 396 g/mol. The van der Waals surface area contributed by atoms with Crippen LogP contribution in [0, 0.1) is 5.41 Å². The van der Waals surface area contributed by atoms with Crippen molar-refractivity contribution in [1.29, 1.82) is 0 Å². The zero-order valence-electron chi connectivity index (χ0n) is 17.4. The Morgan fingerprint density at radius 1 is 1.14 bits per heavy atom. The van der Waals surface area contributed by atoms with Gasteiger partial charge >= 0.3 is 0 Å². The number of hydrogen-bond acceptors (Lipinski definition) is 4. The fourth-order valence-corrected chi connectivity index (χ4v) is 3.49. The van der Waals surface area contributed by atoms with Gasteiger partial charge in [-0.3, -0.25) is 14.6 Å². The van der Waals surface area contributed by atoms with Gasteiger partial charge in [0.05, 0.1) is 13.2 Å². The molecule has 1 atom stereocenters. The van der Waals surface area contributed by atoms with Gasteiger partial charge in [-0.2, -0.15) is 0 Å². The van der Waals surface area contributed by atoms with E-state index in [9.17, 15) is 9.59 Å². The Bertz CT molecular complexity index is 833. The van der Waals surface area contributed by atoms with Gasteiger partial charge < -0.3 is 15.0 Å². The van der Waals surface area contributed by atoms with E-state index in [1.807, 2.05) is 69.3 Å². The van der Waals surface area contributed by atoms with Gasteiger partial charge in [0.15, 0.2) is 5.60 Å². The first kappa shape index (κ1) is 21.0. The predicted molar refractivity (Wildman–Crippen MR) is 111 cm³/mol. The summed E-state index contributed by atoms with van der Waals surface area (Å²) in [5, 5.41) is 3.00. The number of nitrogens with zero attached hydrogens (tertiary/aromatic N) is 2. The first-order chi connectivity index (χ1) is 13.8. The summed E-state index contributed by atoms with van der Waals surface area (Å²) in [5.41, 5.74) is 0.0800. The number of ether oxygens (including phenoxy) is 1. The third-order valence-corrected chi connectivity index (χ3v) is 5.02. The van der Waals surface area contributed by atoms with E-state index in [1.165, 1.54) is 0 Å². The third kappa shape index (κ3) is 5.21. The Hall–Kier alpha value is -2.73. The van der Waals surface area contributed by atoms with E-state index in [0.29, 0.717) is 26.1 Å². The van der Waals surface area contributed by atoms with Gasteiger partial charge in [0.2, 0.25) is 5.91 Å². The second kappa shape index (κ2) is 8.74. The highest BCUT2D eigenvalue weighted by atomic mass is 16.5. The molecular weight excluding hydrogens is 366 g/mol. The van der Waals surface area contributed by atoms with Crippen LogP contribution in [0.15, 0.2) is 54.7 Å². The van der Waals surface area contributed by atoms with Crippen molar-refractivity contribution in [3.8, 4) is 0 Å². The Morgan fingerprint density at radius 2 is 1.86 bits per heavy atom. The van der Waals surface area contributed by atoms with Gasteiger partial charge in [0, 0.05) is 36.8 Å². The number of rotatable bonds is 5. The Kier molecular flexibility index (Phi) is 6.33. The summed E-state index contributed by atoms with van der Waals surface area (Å²) in [7, 11) is 0. The molecular formula is C23H29N3O3. The van der Waals surface area contributed by atoms with Crippen LogP contribution in [0.3, 0.4) is 0 Å². The molecule has 1 aromatic heterocycles. The monoisotopic (exact) mass is 395 g/mol. The molecule has 154 valence electrons. The maximum absolute atomic E-state index is 13.3. The quantitative estimate of drug-likeness (QED) is 0.845. The molecule has 0 bridgehead atoms. The first-order valence-electron chi connectivity index (χ1n) is 9.96. The highest BCUT2D eigenvalue weighted by Gasteiger charge is 2.46. The Labute approximate surface area is 172 Å². The molecule has 1 aromatic carbocycles. The van der Waals surface area contributed by atoms with Crippen LogP contribution in [0.25, 0.3) is 0 Å². The number of carbonyl (C=O) groups is 2. The number of hydrogen-bond donors (Lipinski definition) is 1. The maximum Gasteiger partial charge on any atom is 0.254 e. The van der Waals surface area contributed by atoms with Crippen LogP contribution in [-0.4, -0.2) is 47.0 Å². The second-order valence-corrected chi connectivity index (χ2v) is 8.49. The number of benzene rings is 1. The van der Waals surface area contributed by atoms with E-state index in [4.69, 9.17) is 4.74 Å². The van der Waals surface area contributed by atoms with Crippen molar-refractivity contribution >= 4 is 11.8 Å². The normalized spacial score (nSPS) is 19.6. The van der Waals surface area contributed by atoms with Gasteiger partial charge in [-0.1, -0.05) is 57.2 Å². The van der Waals surface area contributed by atoms with E-state index in [-0.39, 0.29) is 18.4 Å². The highest BCUT2D eigenvalue weighted by Crippen LogP contribution is 2.27. The van der Waals surface area contributed by atoms with Crippen LogP contribution in [0.4, 0.5) is 0 Å². The molecule has 1 aliphatic heterocycles. The lowest BCUT2D eigenvalue weighted by molar-refractivity contribution is -0.169. The molecule has 0 saturated carbocycles. The van der Waals surface area contributed by atoms with E-state index in [0.717, 1.165) is 11.3 Å². The minimum Gasteiger partial charge on any atom is -0.361 e. The molecule has 0 radical (unpaired) electrons. The molecule has 1 fully saturated rings. The lowest BCUT2D eigenvalue weighted by Gasteiger charge is -2.43. The average Bonchev–Trinajstić information content (AvgIpc) is 2.72. The number of nitrogens with one attached hydrogen (secondary N) is 1. The molecule has 29 heavy (non-hydrogen) atoms. The van der Waals surface area contributed by atoms with E-state index < -0.39 is 11.0 Å². The molecule has 0 unspecified atom stereocenters. The molecule has 2 amide bonds. The summed E-state index contributed by atoms with van der Waals surface area (Å²) in [4.78, 5) is 32.3. The lowest BCUT2D eigenvalue weighted by atomic mass is 9.90. The van der Waals surface area contributed by atoms with Gasteiger partial charge in [-0.25, -0.2) is 0 Å². The van der Waals surface area contributed by atoms with Crippen LogP contribution in [0.2, 0.25) is 0 Å². The molecule has 2 aromatic rings. The number of morpholine rings is 1. The molecule has 0 spiro atoms. The second-order valence-electron chi connectivity index (χ2n) is 8.49. The summed E-state index contributed by atoms with van der Waals surface area (Å²) in [5.74, 6) is -0.208. The van der Waals surface area contributed by atoms with Gasteiger partial charge in [-0.15, -0.1) is 0 Å². The SMILES string of the molecule is CC(C)(C)C(=O)N1CCO[C@@](Cc2ccccn2)(C(=O)NCc2ccccc2)C1. The molecule has 6 nitrogen and oxygen atoms in total. The van der Waals surface area contributed by atoms with Crippen molar-refractivity contribution in [3.63, 3.8) is 0 Å². The summed E-state index contributed by atoms with van der Waals surface area (Å²) >= 11 is 0. The smallest absolute Gasteiger partial charge is 0.254 e. The van der Waals surface area contributed by atoms with Crippen LogP contribution in [0.5, 0.6) is 0 Å². The number of carbonyl (C=O) groups excluding carboxylic acids is 2. The molecule has 1 N–H and O–H groups in total. The minimum absolute atomic E-state index is 0.0158. The maximum atomic E-state index is 13.3. The summed E-state index contributed by atoms with van der Waals surface area (Å²) in [6, 6.07) is 15.3. The number of aromatic nitrogens is 1. The van der Waals surface area contributed by atoms with Crippen LogP contribution >= 0.6 is 0 Å². The van der Waals surface area contributed by atoms with E-state index >= 15 is 0 Å². The van der Waals surface area contributed by atoms with Crippen molar-refractivity contribution in [2.24, 2.45) is 5.41 Å². The molecule has 2 heterocycles. The number of amides is 2. The van der Waals surface area contributed by atoms with Crippen molar-refractivity contribution in [2.45, 2.75) is 39.3 Å². The molecule has 3 rings (SSSR count). The Morgan fingerprint density at radius 3 is 2.52 bits per heavy atom. The van der Waals surface area contributed by atoms with Crippen molar-refractivity contribution in [2.75, 3.05) is 19.7 Å². The molecule has 1 aliphatic rings. The summed E-state index contributed by atoms with van der Waals surface area (Å²) in [6.07, 6.45) is 2.01. The van der Waals surface area contributed by atoms with Crippen molar-refractivity contribution in [1.82, 2.24) is 15.2 Å². The first-order valence-corrected chi connectivity index (χ1v) is 9.96. The summed E-state index contributed by atoms with van der Waals surface area (Å²) in [6.45, 7) is 7.07. The van der Waals surface area contributed by atoms with E-state index in [2.05, 4.69) is 10.3 Å². The largest absolute Gasteiger partial charge is 0.361 e. The van der Waals surface area contributed by atoms with Gasteiger partial charge in [0.25, 0.3) is 5.91 Å². The standard InChI is InChI=1S/C23H29N3O3/c1-22(2,3)21(28)26-13-14-29-23(17-26,15-19-11-7-8-12-24-19)20(27)25-16-18-9-5-4-6-10-18/h4-12H,13-17H2,1-3H3,(H,25,27)/t23-/m1/s1. The zero-order chi connectivity index (χ0) is 20.9. The highest BCUT2D eigenvalue weighted by molar-refractivity contribution is 5.88. The summed E-state index contributed by atoms with van der Waals surface area (Å²) < 4.78 is 6.07. The molecule has 1 saturated heterocycles. The minimum atomic E-state index is -1.16. The molecule has 0 aliphatic carbocycles. The predicted octanol–water partition coefficient (Wildman–Crippen LogP) is 2.58. The van der Waals surface area contributed by atoms with Crippen LogP contribution in [0.1, 0.15) is 32.0 Å². The van der Waals surface area contributed by atoms with Crippen molar-refractivity contribution < 1.29 is 14.3 Å². The fourth-order valence-electron chi connectivity index (χ4n) is 3.49. The fraction of sp³-hybridized carbons (Fsp3) is 0.435. The lowest BCUT2D eigenvalue weighted by Crippen LogP contribution is -2.63. The van der Waals surface area contributed by atoms with Crippen molar-refractivity contribution in [3.05, 3.63) is 66.0 Å². The van der Waals surface area contributed by atoms with Crippen LogP contribution < -0.4 is 5.32 Å². The van der Waals surface area contributed by atoms with E-state index in [1.54, 1.807) is 11.1 Å². The Balaban J connectivity index is 1.83. The zero-order valence-corrected chi connectivity index (χ0v) is 17.4. The van der Waals surface area contributed by atoms with Gasteiger partial charge in [-0.05, 0) is 17.7 Å². The molecule has 6 heteroatoms. The van der Waals surface area contributed by atoms with Crippen LogP contribution in [-0.2, 0) is 27.3 Å². The number of pyridine rings is 1. The van der Waals surface area contributed by atoms with Gasteiger partial charge in [0.1, 0.15) is 0 Å².